The number of unbranched alkanes of at least 4 members (excludes halogenated alkanes) is 1. The van der Waals surface area contributed by atoms with E-state index in [-0.39, 0.29) is 11.9 Å². The van der Waals surface area contributed by atoms with Crippen LogP contribution in [0.4, 0.5) is 10.5 Å². The summed E-state index contributed by atoms with van der Waals surface area (Å²) >= 11 is 0. The van der Waals surface area contributed by atoms with Gasteiger partial charge in [0.25, 0.3) is 5.91 Å². The van der Waals surface area contributed by atoms with Crippen LogP contribution < -0.4 is 21.7 Å². The van der Waals surface area contributed by atoms with Gasteiger partial charge in [-0.3, -0.25) is 15.8 Å². The quantitative estimate of drug-likeness (QED) is 0.389. The molecule has 1 atom stereocenters. The van der Waals surface area contributed by atoms with Gasteiger partial charge >= 0.3 is 6.03 Å². The van der Waals surface area contributed by atoms with E-state index in [1.807, 2.05) is 91.9 Å². The number of hydrogen-bond acceptors (Lipinski definition) is 4. The molecule has 1 heterocycles. The van der Waals surface area contributed by atoms with E-state index in [2.05, 4.69) is 16.0 Å². The Morgan fingerprint density at radius 1 is 0.971 bits per heavy atom. The predicted molar refractivity (Wildman–Crippen MR) is 134 cm³/mol. The minimum absolute atomic E-state index is 0.0671. The molecular formula is C27H31N5O2. The Kier molecular flexibility index (Phi) is 7.25. The van der Waals surface area contributed by atoms with Gasteiger partial charge in [-0.15, -0.1) is 0 Å². The molecule has 3 aromatic carbocycles. The first-order valence-electron chi connectivity index (χ1n) is 11.6. The third-order valence-corrected chi connectivity index (χ3v) is 6.08. The number of aryl methyl sites for hydroxylation is 1. The highest BCUT2D eigenvalue weighted by molar-refractivity contribution is 5.94. The largest absolute Gasteiger partial charge is 0.338 e. The van der Waals surface area contributed by atoms with E-state index < -0.39 is 11.8 Å². The Bertz CT molecular complexity index is 1080. The number of hydrogen-bond donors (Lipinski definition) is 4. The number of carbonyl (C=O) groups is 2. The normalized spacial score (nSPS) is 16.9. The van der Waals surface area contributed by atoms with Gasteiger partial charge in [0.2, 0.25) is 0 Å². The molecule has 0 saturated carbocycles. The summed E-state index contributed by atoms with van der Waals surface area (Å²) in [7, 11) is 0. The van der Waals surface area contributed by atoms with Gasteiger partial charge in [0.05, 0.1) is 0 Å². The van der Waals surface area contributed by atoms with Gasteiger partial charge in [0.15, 0.2) is 5.54 Å². The minimum atomic E-state index is -1.02. The fourth-order valence-electron chi connectivity index (χ4n) is 4.41. The Balaban J connectivity index is 1.35. The molecule has 0 bridgehead atoms. The fraction of sp³-hybridized carbons (Fsp3) is 0.259. The van der Waals surface area contributed by atoms with E-state index >= 15 is 0 Å². The molecule has 34 heavy (non-hydrogen) atoms. The van der Waals surface area contributed by atoms with Crippen molar-refractivity contribution in [3.63, 3.8) is 0 Å². The number of nitrogens with zero attached hydrogens (tertiary/aromatic N) is 1. The number of nitrogens with one attached hydrogen (secondary N) is 3. The molecule has 7 nitrogen and oxygen atoms in total. The number of nitrogens with two attached hydrogens (primary N) is 1. The van der Waals surface area contributed by atoms with Crippen LogP contribution in [-0.2, 0) is 10.3 Å². The van der Waals surface area contributed by atoms with E-state index in [0.29, 0.717) is 19.5 Å². The van der Waals surface area contributed by atoms with Gasteiger partial charge in [-0.05, 0) is 48.6 Å². The number of benzene rings is 3. The Hall–Kier alpha value is -3.68. The molecule has 1 unspecified atom stereocenters. The fourth-order valence-corrected chi connectivity index (χ4v) is 4.41. The summed E-state index contributed by atoms with van der Waals surface area (Å²) in [5, 5.41) is 9.06. The lowest BCUT2D eigenvalue weighted by Crippen LogP contribution is -2.48. The topological polar surface area (TPSA) is 99.5 Å². The molecule has 3 amide bonds. The van der Waals surface area contributed by atoms with Crippen LogP contribution in [0.5, 0.6) is 0 Å². The molecule has 0 radical (unpaired) electrons. The van der Waals surface area contributed by atoms with Crippen LogP contribution in [0.15, 0.2) is 84.9 Å². The number of amides is 3. The summed E-state index contributed by atoms with van der Waals surface area (Å²) in [5.74, 6) is -0.0671. The standard InChI is InChI=1S/C27H31N5O2/c1-20-11-10-16-23(19-20)30-26(34)29-17-8-9-18-32-24(33)27(31-25(32)28,21-12-4-2-5-13-21)22-14-6-3-7-15-22/h2-7,10-16,19,25,31H,8-9,17-18,28H2,1H3,(H2,29,30,34). The van der Waals surface area contributed by atoms with Gasteiger partial charge in [-0.25, -0.2) is 4.79 Å². The van der Waals surface area contributed by atoms with Crippen molar-refractivity contribution in [2.75, 3.05) is 18.4 Å². The van der Waals surface area contributed by atoms with E-state index in [0.717, 1.165) is 28.8 Å². The van der Waals surface area contributed by atoms with Crippen LogP contribution >= 0.6 is 0 Å². The number of rotatable bonds is 8. The van der Waals surface area contributed by atoms with Crippen LogP contribution in [0.1, 0.15) is 29.5 Å². The molecule has 0 aromatic heterocycles. The van der Waals surface area contributed by atoms with Gasteiger partial charge in [0, 0.05) is 18.8 Å². The molecular weight excluding hydrogens is 426 g/mol. The molecule has 1 saturated heterocycles. The van der Waals surface area contributed by atoms with Crippen molar-refractivity contribution in [2.24, 2.45) is 5.73 Å². The lowest BCUT2D eigenvalue weighted by atomic mass is 9.82. The average molecular weight is 458 g/mol. The Labute approximate surface area is 200 Å². The van der Waals surface area contributed by atoms with Crippen molar-refractivity contribution in [3.8, 4) is 0 Å². The monoisotopic (exact) mass is 457 g/mol. The Morgan fingerprint density at radius 2 is 1.62 bits per heavy atom. The second-order valence-corrected chi connectivity index (χ2v) is 8.53. The molecule has 1 fully saturated rings. The van der Waals surface area contributed by atoms with Crippen LogP contribution in [0.3, 0.4) is 0 Å². The van der Waals surface area contributed by atoms with E-state index in [1.54, 1.807) is 4.90 Å². The third-order valence-electron chi connectivity index (χ3n) is 6.08. The summed E-state index contributed by atoms with van der Waals surface area (Å²) in [6.45, 7) is 2.98. The van der Waals surface area contributed by atoms with Crippen molar-refractivity contribution in [2.45, 2.75) is 31.6 Å². The first-order chi connectivity index (χ1) is 16.5. The molecule has 5 N–H and O–H groups in total. The van der Waals surface area contributed by atoms with E-state index in [1.165, 1.54) is 0 Å². The maximum atomic E-state index is 13.7. The van der Waals surface area contributed by atoms with E-state index in [9.17, 15) is 9.59 Å². The summed E-state index contributed by atoms with van der Waals surface area (Å²) in [6, 6.07) is 26.8. The van der Waals surface area contributed by atoms with Crippen LogP contribution in [0.25, 0.3) is 0 Å². The zero-order valence-electron chi connectivity index (χ0n) is 19.3. The third kappa shape index (κ3) is 4.95. The second kappa shape index (κ2) is 10.5. The zero-order chi connectivity index (χ0) is 24.0. The summed E-state index contributed by atoms with van der Waals surface area (Å²) in [6.07, 6.45) is 0.831. The summed E-state index contributed by atoms with van der Waals surface area (Å²) in [5.41, 5.74) is 8.94. The van der Waals surface area contributed by atoms with Gasteiger partial charge < -0.3 is 15.5 Å². The van der Waals surface area contributed by atoms with Crippen molar-refractivity contribution < 1.29 is 9.59 Å². The van der Waals surface area contributed by atoms with E-state index in [4.69, 9.17) is 5.73 Å². The molecule has 0 spiro atoms. The molecule has 1 aliphatic heterocycles. The van der Waals surface area contributed by atoms with Crippen LogP contribution in [0.2, 0.25) is 0 Å². The molecule has 3 aromatic rings. The minimum Gasteiger partial charge on any atom is -0.338 e. The molecule has 1 aliphatic rings. The van der Waals surface area contributed by atoms with Crippen molar-refractivity contribution in [1.82, 2.24) is 15.5 Å². The lowest BCUT2D eigenvalue weighted by molar-refractivity contribution is -0.132. The first-order valence-corrected chi connectivity index (χ1v) is 11.6. The average Bonchev–Trinajstić information content (AvgIpc) is 3.10. The Morgan fingerprint density at radius 3 is 2.24 bits per heavy atom. The zero-order valence-corrected chi connectivity index (χ0v) is 19.3. The van der Waals surface area contributed by atoms with Gasteiger partial charge in [-0.1, -0.05) is 72.8 Å². The molecule has 0 aliphatic carbocycles. The van der Waals surface area contributed by atoms with Crippen molar-refractivity contribution in [3.05, 3.63) is 102 Å². The summed E-state index contributed by atoms with van der Waals surface area (Å²) in [4.78, 5) is 27.6. The first kappa shape index (κ1) is 23.5. The van der Waals surface area contributed by atoms with Crippen molar-refractivity contribution in [1.29, 1.82) is 0 Å². The number of carbonyl (C=O) groups excluding carboxylic acids is 2. The highest BCUT2D eigenvalue weighted by Crippen LogP contribution is 2.36. The van der Waals surface area contributed by atoms with Crippen LogP contribution in [-0.4, -0.2) is 36.2 Å². The maximum Gasteiger partial charge on any atom is 0.319 e. The maximum absolute atomic E-state index is 13.7. The van der Waals surface area contributed by atoms with Gasteiger partial charge in [-0.2, -0.15) is 0 Å². The predicted octanol–water partition coefficient (Wildman–Crippen LogP) is 3.51. The smallest absolute Gasteiger partial charge is 0.319 e. The second-order valence-electron chi connectivity index (χ2n) is 8.53. The lowest BCUT2D eigenvalue weighted by Gasteiger charge is -2.28. The molecule has 7 heteroatoms. The van der Waals surface area contributed by atoms with Crippen LogP contribution in [0, 0.1) is 6.92 Å². The number of anilines is 1. The summed E-state index contributed by atoms with van der Waals surface area (Å²) < 4.78 is 0. The van der Waals surface area contributed by atoms with Crippen molar-refractivity contribution >= 4 is 17.6 Å². The highest BCUT2D eigenvalue weighted by atomic mass is 16.2. The number of urea groups is 1. The molecule has 4 rings (SSSR count). The highest BCUT2D eigenvalue weighted by Gasteiger charge is 2.52. The van der Waals surface area contributed by atoms with Gasteiger partial charge in [0.1, 0.15) is 6.29 Å². The molecule has 176 valence electrons. The SMILES string of the molecule is Cc1cccc(NC(=O)NCCCCN2C(=O)C(c3ccccc3)(c3ccccc3)NC2N)c1.